The molecule has 2 N–H and O–H groups in total. The van der Waals surface area contributed by atoms with Crippen LogP contribution in [0.1, 0.15) is 87.0 Å². The van der Waals surface area contributed by atoms with E-state index >= 15 is 0 Å². The SMILES string of the molecule is CCC1=C(C)C2=Cc3c(C)c(CCC(=O)O)c4[n]3[Sn][n]3c(c(C)c(CC)c3=CC3=NC(=C4)C(CCC(=O)O)=C3C)=CC1=N2. The van der Waals surface area contributed by atoms with E-state index in [0.29, 0.717) is 12.8 Å². The van der Waals surface area contributed by atoms with Crippen LogP contribution in [0.25, 0.3) is 24.3 Å². The van der Waals surface area contributed by atoms with Gasteiger partial charge in [0.05, 0.1) is 0 Å². The molecule has 2 aromatic rings. The van der Waals surface area contributed by atoms with Crippen LogP contribution in [0.5, 0.6) is 0 Å². The number of fused-ring (bicyclic) bond motifs is 2. The van der Waals surface area contributed by atoms with Crippen molar-refractivity contribution in [3.63, 3.8) is 0 Å². The second-order valence-electron chi connectivity index (χ2n) is 11.6. The zero-order chi connectivity index (χ0) is 30.7. The van der Waals surface area contributed by atoms with Crippen LogP contribution >= 0.6 is 0 Å². The van der Waals surface area contributed by atoms with Crippen molar-refractivity contribution in [2.45, 2.75) is 80.1 Å². The van der Waals surface area contributed by atoms with Crippen molar-refractivity contribution in [3.8, 4) is 0 Å². The van der Waals surface area contributed by atoms with Crippen LogP contribution in [0, 0.1) is 13.8 Å². The minimum absolute atomic E-state index is 0.0209. The molecule has 0 aliphatic carbocycles. The van der Waals surface area contributed by atoms with Crippen LogP contribution in [0.3, 0.4) is 0 Å². The number of carboxylic acids is 2. The van der Waals surface area contributed by atoms with Gasteiger partial charge in [-0.3, -0.25) is 0 Å². The number of aromatic nitrogens is 2. The maximum absolute atomic E-state index is 11.8. The second-order valence-corrected chi connectivity index (χ2v) is 14.7. The number of hydrogen-bond donors (Lipinski definition) is 2. The summed E-state index contributed by atoms with van der Waals surface area (Å²) in [5, 5.41) is 21.5. The van der Waals surface area contributed by atoms with Crippen LogP contribution in [0.15, 0.2) is 43.7 Å². The summed E-state index contributed by atoms with van der Waals surface area (Å²) in [7, 11) is 0. The average molecular weight is 683 g/mol. The number of carbonyl (C=O) groups is 2. The van der Waals surface area contributed by atoms with Crippen molar-refractivity contribution >= 4 is 69.4 Å². The minimum atomic E-state index is -1.63. The Labute approximate surface area is 261 Å². The van der Waals surface area contributed by atoms with E-state index in [2.05, 4.69) is 64.5 Å². The molecule has 0 saturated carbocycles. The topological polar surface area (TPSA) is 109 Å². The molecule has 0 unspecified atom stereocenters. The number of aliphatic carboxylic acids is 2. The van der Waals surface area contributed by atoms with Gasteiger partial charge in [-0.25, -0.2) is 0 Å². The van der Waals surface area contributed by atoms with Gasteiger partial charge in [0.1, 0.15) is 0 Å². The molecule has 0 spiro atoms. The third kappa shape index (κ3) is 4.83. The van der Waals surface area contributed by atoms with Gasteiger partial charge in [0.2, 0.25) is 0 Å². The molecule has 0 saturated heterocycles. The van der Waals surface area contributed by atoms with Gasteiger partial charge >= 0.3 is 263 Å². The first kappa shape index (κ1) is 29.4. The molecule has 2 aromatic heterocycles. The molecular weight excluding hydrogens is 647 g/mol. The van der Waals surface area contributed by atoms with E-state index in [9.17, 15) is 19.8 Å². The van der Waals surface area contributed by atoms with Crippen molar-refractivity contribution < 1.29 is 19.8 Å². The Bertz CT molecular complexity index is 1960. The maximum atomic E-state index is 11.8. The van der Waals surface area contributed by atoms with Crippen LogP contribution in [-0.2, 0) is 22.4 Å². The van der Waals surface area contributed by atoms with Gasteiger partial charge in [-0.2, -0.15) is 0 Å². The van der Waals surface area contributed by atoms with E-state index in [1.807, 2.05) is 6.92 Å². The van der Waals surface area contributed by atoms with Gasteiger partial charge in [0.15, 0.2) is 0 Å². The Morgan fingerprint density at radius 2 is 1.35 bits per heavy atom. The molecule has 8 nitrogen and oxygen atoms in total. The first-order valence-electron chi connectivity index (χ1n) is 14.9. The zero-order valence-electron chi connectivity index (χ0n) is 25.6. The number of nitrogens with zero attached hydrogens (tertiary/aromatic N) is 4. The number of hydrogen-bond acceptors (Lipinski definition) is 4. The molecule has 9 heteroatoms. The normalized spacial score (nSPS) is 16.8. The molecule has 4 aliphatic heterocycles. The fraction of sp³-hybridized carbons (Fsp3) is 0.353. The van der Waals surface area contributed by atoms with Gasteiger partial charge in [0, 0.05) is 0 Å². The molecule has 4 aliphatic rings. The quantitative estimate of drug-likeness (QED) is 0.400. The number of rotatable bonds is 8. The fourth-order valence-electron chi connectivity index (χ4n) is 6.80. The van der Waals surface area contributed by atoms with Crippen LogP contribution in [-0.4, -0.2) is 60.8 Å². The number of aliphatic imine (C=N–C) groups is 2. The number of allylic oxidation sites excluding steroid dienone is 4. The Hall–Kier alpha value is -3.66. The molecule has 43 heavy (non-hydrogen) atoms. The first-order chi connectivity index (χ1) is 20.5. The first-order valence-corrected chi connectivity index (χ1v) is 17.5. The van der Waals surface area contributed by atoms with Gasteiger partial charge < -0.3 is 0 Å². The molecule has 0 aromatic carbocycles. The van der Waals surface area contributed by atoms with E-state index < -0.39 is 33.6 Å². The Morgan fingerprint density at radius 3 is 2.02 bits per heavy atom. The van der Waals surface area contributed by atoms with Crippen molar-refractivity contribution in [2.24, 2.45) is 9.98 Å². The average Bonchev–Trinajstić information content (AvgIpc) is 3.58. The Morgan fingerprint density at radius 1 is 0.698 bits per heavy atom. The molecule has 6 rings (SSSR count). The van der Waals surface area contributed by atoms with Gasteiger partial charge in [-0.15, -0.1) is 0 Å². The third-order valence-electron chi connectivity index (χ3n) is 9.21. The van der Waals surface area contributed by atoms with Gasteiger partial charge in [-0.1, -0.05) is 0 Å². The van der Waals surface area contributed by atoms with Crippen LogP contribution in [0.2, 0.25) is 0 Å². The summed E-state index contributed by atoms with van der Waals surface area (Å²) in [6.07, 6.45) is 11.4. The second kappa shape index (κ2) is 11.1. The molecule has 2 radical (unpaired) electrons. The number of carboxylic acid groups (broad SMARTS) is 2. The van der Waals surface area contributed by atoms with Gasteiger partial charge in [0.25, 0.3) is 0 Å². The summed E-state index contributed by atoms with van der Waals surface area (Å²) in [5.74, 6) is -1.67. The van der Waals surface area contributed by atoms with Crippen LogP contribution < -0.4 is 10.7 Å². The molecule has 0 amide bonds. The van der Waals surface area contributed by atoms with E-state index in [1.165, 1.54) is 27.6 Å². The van der Waals surface area contributed by atoms with Crippen molar-refractivity contribution in [1.29, 1.82) is 0 Å². The predicted molar refractivity (Wildman–Crippen MR) is 172 cm³/mol. The van der Waals surface area contributed by atoms with Gasteiger partial charge in [-0.05, 0) is 0 Å². The standard InChI is InChI=1S/C34H38N4O4.Sn/c1-7-21-17(3)25-13-26-19(5)23(9-11-33(39)40)31(37-26)16-32-24(10-12-34(41)42)20(6)28(38-32)15-30-22(8-2)18(4)27(36-30)14-29(21)35-25;/h13-16H,7-12H2,1-6H3,(H4,35,36,37,38,39,40,41,42);/q;+2/p-2. The van der Waals surface area contributed by atoms with Crippen LogP contribution in [0.4, 0.5) is 0 Å². The fourth-order valence-corrected chi connectivity index (χ4v) is 11.1. The van der Waals surface area contributed by atoms with E-state index in [1.54, 1.807) is 0 Å². The molecule has 220 valence electrons. The summed E-state index contributed by atoms with van der Waals surface area (Å²) >= 11 is -1.63. The Balaban J connectivity index is 1.78. The molecule has 0 fully saturated rings. The Kier molecular flexibility index (Phi) is 7.60. The summed E-state index contributed by atoms with van der Waals surface area (Å²) < 4.78 is 4.97. The third-order valence-corrected chi connectivity index (χ3v) is 13.1. The van der Waals surface area contributed by atoms with E-state index in [0.717, 1.165) is 74.7 Å². The summed E-state index contributed by atoms with van der Waals surface area (Å²) in [6.45, 7) is 12.9. The summed E-state index contributed by atoms with van der Waals surface area (Å²) in [4.78, 5) is 33.7. The molecule has 6 bridgehead atoms. The zero-order valence-corrected chi connectivity index (χ0v) is 28.4. The summed E-state index contributed by atoms with van der Waals surface area (Å²) in [5.41, 5.74) is 14.7. The molecule has 0 atom stereocenters. The monoisotopic (exact) mass is 684 g/mol. The summed E-state index contributed by atoms with van der Waals surface area (Å²) in [6, 6.07) is 0. The van der Waals surface area contributed by atoms with E-state index in [-0.39, 0.29) is 12.8 Å². The van der Waals surface area contributed by atoms with E-state index in [4.69, 9.17) is 9.98 Å². The molecular formula is C34H36N4O4Sn. The van der Waals surface area contributed by atoms with Crippen molar-refractivity contribution in [2.75, 3.05) is 0 Å². The molecule has 6 heterocycles. The predicted octanol–water partition coefficient (Wildman–Crippen LogP) is 4.50. The van der Waals surface area contributed by atoms with Crippen molar-refractivity contribution in [3.05, 3.63) is 78.0 Å². The van der Waals surface area contributed by atoms with Crippen molar-refractivity contribution in [1.82, 2.24) is 5.58 Å².